The van der Waals surface area contributed by atoms with E-state index in [-0.39, 0.29) is 5.56 Å². The highest BCUT2D eigenvalue weighted by atomic mass is 32.1. The van der Waals surface area contributed by atoms with Crippen molar-refractivity contribution in [3.63, 3.8) is 0 Å². The zero-order chi connectivity index (χ0) is 24.1. The number of nitrogens with one attached hydrogen (secondary N) is 2. The smallest absolute Gasteiger partial charge is 0.253 e. The first-order chi connectivity index (χ1) is 16.4. The van der Waals surface area contributed by atoms with Gasteiger partial charge in [0.2, 0.25) is 0 Å². The Morgan fingerprint density at radius 2 is 1.74 bits per heavy atom. The number of nitrogens with zero attached hydrogens (tertiary/aromatic N) is 1. The Balaban J connectivity index is 1.62. The normalized spacial score (nSPS) is 10.8. The predicted molar refractivity (Wildman–Crippen MR) is 144 cm³/mol. The maximum Gasteiger partial charge on any atom is 0.253 e. The SMILES string of the molecule is CCOc1ccc(NC(=S)N(Cc2ccccc2)Cc2cc3c(C)cc(C)cc3[nH]c2=O)cc1. The molecule has 0 atom stereocenters. The highest BCUT2D eigenvalue weighted by Crippen LogP contribution is 2.21. The topological polar surface area (TPSA) is 57.4 Å². The number of hydrogen-bond acceptors (Lipinski definition) is 3. The van der Waals surface area contributed by atoms with Crippen LogP contribution in [0.2, 0.25) is 0 Å². The molecule has 0 saturated carbocycles. The summed E-state index contributed by atoms with van der Waals surface area (Å²) in [6.07, 6.45) is 0. The fourth-order valence-corrected chi connectivity index (χ4v) is 4.29. The molecule has 0 spiro atoms. The first-order valence-electron chi connectivity index (χ1n) is 11.4. The van der Waals surface area contributed by atoms with Crippen molar-refractivity contribution in [2.45, 2.75) is 33.9 Å². The van der Waals surface area contributed by atoms with Gasteiger partial charge in [-0.3, -0.25) is 4.79 Å². The van der Waals surface area contributed by atoms with Crippen molar-refractivity contribution in [3.05, 3.63) is 105 Å². The molecule has 5 nitrogen and oxygen atoms in total. The Labute approximate surface area is 205 Å². The van der Waals surface area contributed by atoms with E-state index in [1.807, 2.05) is 73.3 Å². The van der Waals surface area contributed by atoms with Crippen LogP contribution in [-0.4, -0.2) is 21.6 Å². The highest BCUT2D eigenvalue weighted by molar-refractivity contribution is 7.80. The highest BCUT2D eigenvalue weighted by Gasteiger charge is 2.15. The standard InChI is InChI=1S/C28H29N3O2S/c1-4-33-24-12-10-23(11-13-24)29-28(34)31(17-21-8-6-5-7-9-21)18-22-16-25-20(3)14-19(2)15-26(25)30-27(22)32/h5-16H,4,17-18H2,1-3H3,(H,29,34)(H,30,32). The van der Waals surface area contributed by atoms with E-state index in [2.05, 4.69) is 35.4 Å². The molecule has 0 aliphatic heterocycles. The molecule has 0 saturated heterocycles. The quantitative estimate of drug-likeness (QED) is 0.327. The van der Waals surface area contributed by atoms with E-state index in [0.717, 1.165) is 39.0 Å². The largest absolute Gasteiger partial charge is 0.494 e. The molecule has 4 aromatic rings. The summed E-state index contributed by atoms with van der Waals surface area (Å²) < 4.78 is 5.53. The minimum Gasteiger partial charge on any atom is -0.494 e. The lowest BCUT2D eigenvalue weighted by molar-refractivity contribution is 0.340. The van der Waals surface area contributed by atoms with Gasteiger partial charge in [0.1, 0.15) is 5.75 Å². The monoisotopic (exact) mass is 471 g/mol. The third kappa shape index (κ3) is 5.64. The number of thiocarbonyl (C=S) groups is 1. The molecule has 1 aromatic heterocycles. The summed E-state index contributed by atoms with van der Waals surface area (Å²) in [5, 5.41) is 4.91. The average molecular weight is 472 g/mol. The number of anilines is 1. The van der Waals surface area contributed by atoms with Gasteiger partial charge in [-0.2, -0.15) is 0 Å². The molecule has 0 unspecified atom stereocenters. The Morgan fingerprint density at radius 1 is 1.00 bits per heavy atom. The van der Waals surface area contributed by atoms with E-state index in [1.165, 1.54) is 0 Å². The number of hydrogen-bond donors (Lipinski definition) is 2. The molecule has 174 valence electrons. The van der Waals surface area contributed by atoms with Crippen LogP contribution in [0.4, 0.5) is 5.69 Å². The second-order valence-corrected chi connectivity index (χ2v) is 8.78. The molecule has 0 aliphatic rings. The summed E-state index contributed by atoms with van der Waals surface area (Å²) in [4.78, 5) is 18.0. The van der Waals surface area contributed by atoms with Crippen molar-refractivity contribution >= 4 is 33.9 Å². The zero-order valence-corrected chi connectivity index (χ0v) is 20.5. The second kappa shape index (κ2) is 10.5. The van der Waals surface area contributed by atoms with Gasteiger partial charge in [-0.1, -0.05) is 36.4 Å². The molecule has 34 heavy (non-hydrogen) atoms. The van der Waals surface area contributed by atoms with E-state index in [4.69, 9.17) is 17.0 Å². The van der Waals surface area contributed by atoms with Crippen LogP contribution in [0, 0.1) is 13.8 Å². The predicted octanol–water partition coefficient (Wildman–Crippen LogP) is 5.94. The molecule has 0 bridgehead atoms. The van der Waals surface area contributed by atoms with Gasteiger partial charge in [0.15, 0.2) is 5.11 Å². The zero-order valence-electron chi connectivity index (χ0n) is 19.7. The minimum atomic E-state index is -0.0978. The average Bonchev–Trinajstić information content (AvgIpc) is 2.81. The van der Waals surface area contributed by atoms with Gasteiger partial charge in [-0.25, -0.2) is 0 Å². The number of fused-ring (bicyclic) bond motifs is 1. The summed E-state index contributed by atoms with van der Waals surface area (Å²) in [6, 6.07) is 23.9. The van der Waals surface area contributed by atoms with Crippen LogP contribution < -0.4 is 15.6 Å². The fourth-order valence-electron chi connectivity index (χ4n) is 4.05. The van der Waals surface area contributed by atoms with Crippen molar-refractivity contribution in [1.29, 1.82) is 0 Å². The van der Waals surface area contributed by atoms with Crippen LogP contribution in [0.1, 0.15) is 29.2 Å². The third-order valence-electron chi connectivity index (χ3n) is 5.67. The van der Waals surface area contributed by atoms with Crippen molar-refractivity contribution in [3.8, 4) is 5.75 Å². The van der Waals surface area contributed by atoms with Crippen molar-refractivity contribution in [1.82, 2.24) is 9.88 Å². The summed E-state index contributed by atoms with van der Waals surface area (Å²) in [5.41, 5.74) is 5.67. The van der Waals surface area contributed by atoms with Crippen LogP contribution in [-0.2, 0) is 13.1 Å². The van der Waals surface area contributed by atoms with E-state index in [9.17, 15) is 4.79 Å². The summed E-state index contributed by atoms with van der Waals surface area (Å²) >= 11 is 5.79. The Kier molecular flexibility index (Phi) is 7.28. The van der Waals surface area contributed by atoms with Crippen LogP contribution in [0.15, 0.2) is 77.6 Å². The summed E-state index contributed by atoms with van der Waals surface area (Å²) in [5.74, 6) is 0.813. The Bertz CT molecular complexity index is 1350. The van der Waals surface area contributed by atoms with E-state index >= 15 is 0 Å². The number of rotatable bonds is 7. The molecule has 4 rings (SSSR count). The first-order valence-corrected chi connectivity index (χ1v) is 11.8. The molecular formula is C28H29N3O2S. The maximum absolute atomic E-state index is 13.0. The number of aromatic nitrogens is 1. The van der Waals surface area contributed by atoms with Crippen molar-refractivity contribution in [2.75, 3.05) is 11.9 Å². The Morgan fingerprint density at radius 3 is 2.44 bits per heavy atom. The van der Waals surface area contributed by atoms with Gasteiger partial charge >= 0.3 is 0 Å². The van der Waals surface area contributed by atoms with Gasteiger partial charge in [0, 0.05) is 28.7 Å². The lowest BCUT2D eigenvalue weighted by Crippen LogP contribution is -2.35. The second-order valence-electron chi connectivity index (χ2n) is 8.40. The maximum atomic E-state index is 13.0. The molecule has 0 amide bonds. The van der Waals surface area contributed by atoms with Gasteiger partial charge in [-0.05, 0) is 86.1 Å². The molecule has 2 N–H and O–H groups in total. The molecule has 0 fully saturated rings. The number of pyridine rings is 1. The molecule has 6 heteroatoms. The van der Waals surface area contributed by atoms with Crippen molar-refractivity contribution in [2.24, 2.45) is 0 Å². The fraction of sp³-hybridized carbons (Fsp3) is 0.214. The van der Waals surface area contributed by atoms with Gasteiger partial charge < -0.3 is 19.9 Å². The van der Waals surface area contributed by atoms with E-state index in [0.29, 0.717) is 30.4 Å². The summed E-state index contributed by atoms with van der Waals surface area (Å²) in [7, 11) is 0. The van der Waals surface area contributed by atoms with Crippen LogP contribution >= 0.6 is 12.2 Å². The molecular weight excluding hydrogens is 442 g/mol. The number of ether oxygens (including phenoxy) is 1. The van der Waals surface area contributed by atoms with Gasteiger partial charge in [0.05, 0.1) is 13.2 Å². The lowest BCUT2D eigenvalue weighted by Gasteiger charge is -2.26. The van der Waals surface area contributed by atoms with Crippen LogP contribution in [0.5, 0.6) is 5.75 Å². The summed E-state index contributed by atoms with van der Waals surface area (Å²) in [6.45, 7) is 7.64. The minimum absolute atomic E-state index is 0.0978. The number of benzene rings is 3. The number of aryl methyl sites for hydroxylation is 2. The molecule has 0 aliphatic carbocycles. The Hall–Kier alpha value is -3.64. The number of H-pyrrole nitrogens is 1. The third-order valence-corrected chi connectivity index (χ3v) is 6.03. The van der Waals surface area contributed by atoms with Crippen LogP contribution in [0.3, 0.4) is 0 Å². The molecule has 3 aromatic carbocycles. The van der Waals surface area contributed by atoms with E-state index < -0.39 is 0 Å². The van der Waals surface area contributed by atoms with Gasteiger partial charge in [-0.15, -0.1) is 0 Å². The van der Waals surface area contributed by atoms with Gasteiger partial charge in [0.25, 0.3) is 5.56 Å². The lowest BCUT2D eigenvalue weighted by atomic mass is 10.0. The van der Waals surface area contributed by atoms with Crippen LogP contribution in [0.25, 0.3) is 10.9 Å². The van der Waals surface area contributed by atoms with Crippen molar-refractivity contribution < 1.29 is 4.74 Å². The van der Waals surface area contributed by atoms with E-state index in [1.54, 1.807) is 0 Å². The number of aromatic amines is 1. The molecule has 0 radical (unpaired) electrons. The molecule has 1 heterocycles. The first kappa shape index (κ1) is 23.5.